The van der Waals surface area contributed by atoms with Crippen molar-refractivity contribution in [2.75, 3.05) is 39.3 Å². The van der Waals surface area contributed by atoms with Crippen molar-refractivity contribution in [3.05, 3.63) is 213 Å². The molecule has 0 unspecified atom stereocenters. The van der Waals surface area contributed by atoms with Crippen LogP contribution < -0.4 is 315 Å². The van der Waals surface area contributed by atoms with Crippen LogP contribution in [0.3, 0.4) is 0 Å². The van der Waals surface area contributed by atoms with Gasteiger partial charge in [-0.1, -0.05) is 108 Å². The molecule has 0 aliphatic carbocycles. The van der Waals surface area contributed by atoms with Crippen LogP contribution in [0.15, 0.2) is 268 Å². The summed E-state index contributed by atoms with van der Waals surface area (Å²) < 4.78 is 339. The van der Waals surface area contributed by atoms with E-state index in [2.05, 4.69) is 105 Å². The van der Waals surface area contributed by atoms with Gasteiger partial charge in [-0.15, -0.1) is 30.7 Å². The standard InChI is InChI=1S/C75H57Cl3N22O30S9.9Na/c76-67-85-70(91-73(88-67)82-49-31-40(131(104,105)106)25-37-28-52(134(113,114)115)58(61(101)55(37)49)97-94-46-16-13-34-7-1-4-10-43(34)64(46)137(122,123)124)79-19-22-100(23-20-80-71-86-68(77)89-74(92-71)83-50-32-41(132(107,108)109)26-38-29-53(135(116,117)118)59(62(102)56(38)50)98-95-47-17-14-35-8-2-5-11-44(35)65(47)138(125,126)127)24-21-81-72-87-69(78)90-75(93-72)84-51-33-42(133(110,111)112)27-39-30-54(136(119,120)121)60(63(103)57(39)51)99-96-48-18-15-36-9-3-6-12-45(36)66(48)139(128,129)130;;;;;;;;;/h1-18,25-33,101-103H,19-24H2,(H,104,105,106)(H,107,108,109)(H,110,111,112)(H,113,114,115)(H,116,117,118)(H,119,120,121)(H,122,123,124)(H,125,126,127)(H,128,129,130)(H2,79,82,85,88,91)(H2,80,83,86,89,92)(H2,81,84,87,90,93);;;;;;;;;/q;9*+1/p-9. The molecule has 722 valence electrons. The van der Waals surface area contributed by atoms with E-state index in [0.29, 0.717) is 54.6 Å². The summed E-state index contributed by atoms with van der Waals surface area (Å²) in [4.78, 5) is 44.4. The van der Waals surface area contributed by atoms with Gasteiger partial charge >= 0.3 is 266 Å². The molecule has 15 rings (SSSR count). The maximum absolute atomic E-state index is 14.7. The first-order chi connectivity index (χ1) is 65.0. The average molecular weight is 2340 g/mol. The molecule has 0 atom stereocenters. The quantitative estimate of drug-likeness (QED) is 0.0131. The van der Waals surface area contributed by atoms with Crippen molar-refractivity contribution in [2.24, 2.45) is 60.6 Å². The van der Waals surface area contributed by atoms with Crippen LogP contribution in [0.1, 0.15) is 0 Å². The number of fused-ring (bicyclic) bond motifs is 6. The maximum atomic E-state index is 14.7. The van der Waals surface area contributed by atoms with E-state index in [1.54, 1.807) is 0 Å². The average Bonchev–Trinajstić information content (AvgIpc) is 0.750. The minimum atomic E-state index is -5.85. The summed E-state index contributed by atoms with van der Waals surface area (Å²) in [5.41, 5.74) is -11.6. The van der Waals surface area contributed by atoms with Crippen molar-refractivity contribution in [3.63, 3.8) is 0 Å². The summed E-state index contributed by atoms with van der Waals surface area (Å²) in [5, 5.41) is 60.3. The smallest absolute Gasteiger partial charge is 0.870 e. The van der Waals surface area contributed by atoms with E-state index in [-0.39, 0.29) is 318 Å². The molecule has 0 saturated heterocycles. The Bertz CT molecular complexity index is 8780. The van der Waals surface area contributed by atoms with Crippen LogP contribution in [0.25, 0.3) is 64.6 Å². The van der Waals surface area contributed by atoms with E-state index in [9.17, 15) is 132 Å². The topological polar surface area (TPSA) is 860 Å². The number of benzene rings is 12. The molecule has 73 heteroatoms. The van der Waals surface area contributed by atoms with Crippen LogP contribution in [0.2, 0.25) is 15.9 Å². The molecular weight excluding hydrogens is 2290 g/mol. The SMILES string of the molecule is O=S(=O)([O-])c1cc(N=c2[nH]c(Cl)nc(=NCCN(CCN=c3nc(Cl)[nH]c(=Nc4cc(S(=O)(=O)[O-])cc5cc(S(=O)(=O)[O-])c(N=Nc6ccc7ccccc7c6S(=O)(=O)O)c([O-])c45)[nH]3)CCN=c3nc(Cl)[nH]c(=Nc4cc(S(=O)(=O)[O-])cc5cc(S(=O)(=O)[O-])c(N=Nc6ccc7ccccc7c6S(=O)(=O)O)c([O-])c45)[nH]3)[nH]2)c2c([O-])c(N=Nc3ccc4ccccc4c3S(=O)(=O)O)c(S(=O)(=O)[O-])cc2c1.[Na+].[Na+].[Na+].[Na+].[Na+].[Na+].[Na+].[Na+].[Na+]. The molecule has 3 aromatic heterocycles. The van der Waals surface area contributed by atoms with Crippen molar-refractivity contribution in [2.45, 2.75) is 44.1 Å². The van der Waals surface area contributed by atoms with Crippen molar-refractivity contribution >= 4 is 242 Å². The predicted octanol–water partition coefficient (Wildman–Crippen LogP) is -21.5. The third-order valence-corrected chi connectivity index (χ3v) is 28.1. The van der Waals surface area contributed by atoms with Crippen LogP contribution in [-0.4, -0.2) is 206 Å². The van der Waals surface area contributed by atoms with Gasteiger partial charge in [-0.2, -0.15) is 40.2 Å². The maximum Gasteiger partial charge on any atom is 1.00 e. The minimum absolute atomic E-state index is 0. The summed E-state index contributed by atoms with van der Waals surface area (Å²) in [6.45, 7) is -1.96. The van der Waals surface area contributed by atoms with Crippen LogP contribution in [0, 0.1) is 0 Å². The Morgan fingerprint density at radius 1 is 0.291 bits per heavy atom. The van der Waals surface area contributed by atoms with Gasteiger partial charge in [0, 0.05) is 52.0 Å². The molecule has 0 fully saturated rings. The van der Waals surface area contributed by atoms with E-state index < -0.39 is 305 Å². The molecule has 148 heavy (non-hydrogen) atoms. The Morgan fingerprint density at radius 3 is 0.750 bits per heavy atom. The minimum Gasteiger partial charge on any atom is -0.870 e. The van der Waals surface area contributed by atoms with Crippen LogP contribution in [0.4, 0.5) is 51.2 Å². The van der Waals surface area contributed by atoms with E-state index in [1.807, 2.05) is 0 Å². The first kappa shape index (κ1) is 132. The van der Waals surface area contributed by atoms with Crippen LogP contribution in [-0.2, 0) is 91.1 Å². The number of nitrogens with zero attached hydrogens (tertiary/aromatic N) is 16. The summed E-state index contributed by atoms with van der Waals surface area (Å²) in [6.07, 6.45) is 0. The Kier molecular flexibility index (Phi) is 46.9. The Labute approximate surface area is 1050 Å². The number of aromatic nitrogens is 9. The second kappa shape index (κ2) is 52.6. The van der Waals surface area contributed by atoms with Crippen LogP contribution >= 0.6 is 34.8 Å². The van der Waals surface area contributed by atoms with Gasteiger partial charge < -0.3 is 57.6 Å². The second-order valence-corrected chi connectivity index (χ2v) is 42.1. The third-order valence-electron chi connectivity index (χ3n) is 19.7. The molecule has 15 aromatic rings. The first-order valence-corrected chi connectivity index (χ1v) is 51.8. The van der Waals surface area contributed by atoms with E-state index in [1.165, 1.54) is 95.9 Å². The van der Waals surface area contributed by atoms with Gasteiger partial charge in [0.15, 0.2) is 0 Å². The number of azo groups is 3. The number of hydrogen-bond acceptors (Lipinski definition) is 43. The molecule has 3 heterocycles. The van der Waals surface area contributed by atoms with Gasteiger partial charge in [0.2, 0.25) is 49.6 Å². The molecule has 52 nitrogen and oxygen atoms in total. The number of halogens is 3. The molecule has 0 radical (unpaired) electrons. The Hall–Kier alpha value is -4.75. The summed E-state index contributed by atoms with van der Waals surface area (Å²) in [7, 11) is -50.0. The Balaban J connectivity index is 0.00000372. The molecular formula is C75H48Cl3N22Na9O30S9. The molecule has 12 aromatic carbocycles. The molecule has 9 N–H and O–H groups in total. The van der Waals surface area contributed by atoms with E-state index in [4.69, 9.17) is 34.8 Å². The zero-order chi connectivity index (χ0) is 101. The molecule has 0 amide bonds. The summed E-state index contributed by atoms with van der Waals surface area (Å²) >= 11 is 19.4. The van der Waals surface area contributed by atoms with Gasteiger partial charge in [-0.3, -0.25) is 33.5 Å². The van der Waals surface area contributed by atoms with E-state index >= 15 is 0 Å². The fraction of sp³-hybridized carbons (Fsp3) is 0.0800. The number of rotatable bonds is 27. The second-order valence-electron chi connectivity index (χ2n) is 28.7. The monoisotopic (exact) mass is 2340 g/mol. The summed E-state index contributed by atoms with van der Waals surface area (Å²) in [5.74, 6) is -4.67. The predicted molar refractivity (Wildman–Crippen MR) is 469 cm³/mol. The van der Waals surface area contributed by atoms with Gasteiger partial charge in [0.1, 0.15) is 92.5 Å². The number of hydrogen-bond donors (Lipinski definition) is 9. The molecule has 0 aliphatic rings. The van der Waals surface area contributed by atoms with E-state index in [0.717, 1.165) is 18.2 Å². The molecule has 0 aliphatic heterocycles. The molecule has 0 bridgehead atoms. The van der Waals surface area contributed by atoms with Crippen molar-refractivity contribution in [1.82, 2.24) is 49.8 Å². The zero-order valence-corrected chi connectivity index (χ0v) is 105. The number of H-pyrrole nitrogens is 6. The number of nitrogens with one attached hydrogen (secondary N) is 6. The summed E-state index contributed by atoms with van der Waals surface area (Å²) in [6, 6.07) is 28.3. The Morgan fingerprint density at radius 2 is 0.527 bits per heavy atom. The largest absolute Gasteiger partial charge is 1.00 e. The van der Waals surface area contributed by atoms with Crippen molar-refractivity contribution in [3.8, 4) is 17.2 Å². The van der Waals surface area contributed by atoms with Crippen LogP contribution in [0.5, 0.6) is 17.2 Å². The van der Waals surface area contributed by atoms with Crippen molar-refractivity contribution < 1.29 is 398 Å². The fourth-order valence-electron chi connectivity index (χ4n) is 14.0. The van der Waals surface area contributed by atoms with Gasteiger partial charge in [-0.25, -0.2) is 80.5 Å². The molecule has 0 spiro atoms. The van der Waals surface area contributed by atoms with Gasteiger partial charge in [0.25, 0.3) is 30.4 Å². The first-order valence-electron chi connectivity index (χ1n) is 37.9. The molecule has 0 saturated carbocycles. The van der Waals surface area contributed by atoms with Gasteiger partial charge in [-0.05, 0) is 140 Å². The third kappa shape index (κ3) is 31.2. The van der Waals surface area contributed by atoms with Crippen molar-refractivity contribution in [1.29, 1.82) is 0 Å². The zero-order valence-electron chi connectivity index (χ0n) is 77.2. The fourth-order valence-corrected chi connectivity index (χ4v) is 20.5. The normalized spacial score (nSPS) is 13.2. The van der Waals surface area contributed by atoms with Gasteiger partial charge in [0.05, 0.1) is 83.1 Å². The number of aromatic amines is 6.